The predicted octanol–water partition coefficient (Wildman–Crippen LogP) is 11.8. The third kappa shape index (κ3) is 35.6. The minimum absolute atomic E-state index is 0.0147. The van der Waals surface area contributed by atoms with Crippen LogP contribution in [0.2, 0.25) is 0 Å². The molecule has 0 saturated carbocycles. The summed E-state index contributed by atoms with van der Waals surface area (Å²) < 4.78 is 39.9. The Kier molecular flexibility index (Phi) is 32.8. The molecule has 11 heteroatoms. The summed E-state index contributed by atoms with van der Waals surface area (Å²) in [6.07, 6.45) is 44.6. The molecule has 1 saturated heterocycles. The first-order valence-corrected chi connectivity index (χ1v) is 24.1. The lowest BCUT2D eigenvalue weighted by Gasteiger charge is -2.24. The van der Waals surface area contributed by atoms with Crippen molar-refractivity contribution in [3.8, 4) is 0 Å². The van der Waals surface area contributed by atoms with Crippen molar-refractivity contribution < 1.29 is 46.8 Å². The number of likely N-dealkylation sites (N-methyl/N-ethyl adjacent to an activating group) is 1. The molecule has 0 aromatic heterocycles. The summed E-state index contributed by atoms with van der Waals surface area (Å²) in [5, 5.41) is 0. The molecule has 1 N–H and O–H groups in total. The summed E-state index contributed by atoms with van der Waals surface area (Å²) in [7, 11) is 1.42. The van der Waals surface area contributed by atoms with Crippen molar-refractivity contribution >= 4 is 19.8 Å². The lowest BCUT2D eigenvalue weighted by atomic mass is 10.0. The topological polar surface area (TPSA) is 121 Å². The zero-order valence-electron chi connectivity index (χ0n) is 37.2. The first-order chi connectivity index (χ1) is 28.0. The Bertz CT molecular complexity index is 1240. The van der Waals surface area contributed by atoms with Gasteiger partial charge in [0, 0.05) is 12.8 Å². The summed E-state index contributed by atoms with van der Waals surface area (Å²) in [4.78, 5) is 35.4. The number of hydrogen-bond donors (Lipinski definition) is 1. The largest absolute Gasteiger partial charge is 0.472 e. The normalized spacial score (nSPS) is 17.6. The van der Waals surface area contributed by atoms with E-state index in [2.05, 4.69) is 62.5 Å². The number of phosphoric ester groups is 1. The van der Waals surface area contributed by atoms with Crippen molar-refractivity contribution in [3.05, 3.63) is 60.8 Å². The van der Waals surface area contributed by atoms with E-state index in [0.29, 0.717) is 29.7 Å². The number of allylic oxidation sites excluding steroid dienone is 8. The van der Waals surface area contributed by atoms with Crippen LogP contribution >= 0.6 is 7.82 Å². The van der Waals surface area contributed by atoms with Gasteiger partial charge in [-0.3, -0.25) is 18.6 Å². The minimum atomic E-state index is -4.40. The van der Waals surface area contributed by atoms with Crippen molar-refractivity contribution in [2.75, 3.05) is 47.5 Å². The van der Waals surface area contributed by atoms with Crippen LogP contribution in [-0.4, -0.2) is 87.1 Å². The average Bonchev–Trinajstić information content (AvgIpc) is 3.93. The van der Waals surface area contributed by atoms with E-state index in [-0.39, 0.29) is 26.1 Å². The number of carbonyl (C=O) groups is 2. The second-order valence-corrected chi connectivity index (χ2v) is 17.9. The molecule has 0 amide bonds. The quantitative estimate of drug-likeness (QED) is 0.0161. The SMILES string of the molecule is CC/C=C\CC1OC1C/C=C\C/C=C\C/C=C\C/C=C\CCC(=O)O[C@H](COC(=O)CCCCCCCCCCCCCCCC)COP(=O)(O)OCC[N+](C)(C)C. The van der Waals surface area contributed by atoms with Gasteiger partial charge in [0.1, 0.15) is 19.8 Å². The number of carbonyl (C=O) groups excluding carboxylic acids is 2. The highest BCUT2D eigenvalue weighted by Crippen LogP contribution is 2.43. The van der Waals surface area contributed by atoms with E-state index >= 15 is 0 Å². The molecular weight excluding hydrogens is 753 g/mol. The van der Waals surface area contributed by atoms with Gasteiger partial charge in [0.25, 0.3) is 0 Å². The fourth-order valence-electron chi connectivity index (χ4n) is 6.08. The Hall–Kier alpha value is -2.33. The minimum Gasteiger partial charge on any atom is -0.462 e. The molecule has 4 atom stereocenters. The summed E-state index contributed by atoms with van der Waals surface area (Å²) in [5.74, 6) is -0.901. The van der Waals surface area contributed by atoms with E-state index in [9.17, 15) is 19.0 Å². The molecule has 58 heavy (non-hydrogen) atoms. The maximum Gasteiger partial charge on any atom is 0.472 e. The number of nitrogens with zero attached hydrogens (tertiary/aromatic N) is 1. The Morgan fingerprint density at radius 1 is 0.638 bits per heavy atom. The zero-order chi connectivity index (χ0) is 42.6. The number of unbranched alkanes of at least 4 members (excludes halogenated alkanes) is 13. The van der Waals surface area contributed by atoms with E-state index < -0.39 is 32.5 Å². The van der Waals surface area contributed by atoms with Gasteiger partial charge in [-0.1, -0.05) is 158 Å². The predicted molar refractivity (Wildman–Crippen MR) is 237 cm³/mol. The molecule has 0 aromatic rings. The van der Waals surface area contributed by atoms with Crippen LogP contribution in [-0.2, 0) is 37.4 Å². The summed E-state index contributed by atoms with van der Waals surface area (Å²) >= 11 is 0. The summed E-state index contributed by atoms with van der Waals surface area (Å²) in [5.41, 5.74) is 0. The molecular formula is C47H83NO9P+. The van der Waals surface area contributed by atoms with Gasteiger partial charge < -0.3 is 23.6 Å². The molecule has 1 heterocycles. The molecule has 1 rings (SSSR count). The molecule has 0 radical (unpaired) electrons. The van der Waals surface area contributed by atoms with Gasteiger partial charge in [0.15, 0.2) is 6.10 Å². The highest BCUT2D eigenvalue weighted by Gasteiger charge is 2.36. The van der Waals surface area contributed by atoms with Crippen LogP contribution in [0.4, 0.5) is 0 Å². The van der Waals surface area contributed by atoms with Gasteiger partial charge in [-0.2, -0.15) is 0 Å². The van der Waals surface area contributed by atoms with Crippen LogP contribution in [0.25, 0.3) is 0 Å². The van der Waals surface area contributed by atoms with E-state index in [0.717, 1.165) is 57.8 Å². The van der Waals surface area contributed by atoms with Crippen molar-refractivity contribution in [2.45, 2.75) is 180 Å². The number of ether oxygens (including phenoxy) is 3. The average molecular weight is 837 g/mol. The van der Waals surface area contributed by atoms with Gasteiger partial charge in [-0.15, -0.1) is 0 Å². The Labute approximate surface area is 353 Å². The fourth-order valence-corrected chi connectivity index (χ4v) is 6.82. The van der Waals surface area contributed by atoms with E-state index in [4.69, 9.17) is 23.3 Å². The van der Waals surface area contributed by atoms with E-state index in [1.807, 2.05) is 33.3 Å². The molecule has 0 aliphatic carbocycles. The zero-order valence-corrected chi connectivity index (χ0v) is 38.1. The first kappa shape index (κ1) is 53.7. The number of epoxide rings is 1. The number of rotatable bonds is 39. The first-order valence-electron chi connectivity index (χ1n) is 22.6. The molecule has 334 valence electrons. The lowest BCUT2D eigenvalue weighted by molar-refractivity contribution is -0.870. The molecule has 0 spiro atoms. The second-order valence-electron chi connectivity index (χ2n) is 16.4. The van der Waals surface area contributed by atoms with Gasteiger partial charge in [-0.05, 0) is 51.4 Å². The Morgan fingerprint density at radius 3 is 1.67 bits per heavy atom. The van der Waals surface area contributed by atoms with Gasteiger partial charge in [0.05, 0.1) is 40.0 Å². The third-order valence-corrected chi connectivity index (χ3v) is 10.7. The Balaban J connectivity index is 2.32. The van der Waals surface area contributed by atoms with Crippen LogP contribution in [0.15, 0.2) is 60.8 Å². The Morgan fingerprint density at radius 2 is 1.14 bits per heavy atom. The maximum atomic E-state index is 12.7. The number of esters is 2. The standard InChI is InChI=1S/C47H82NO9P/c1-6-8-10-11-12-13-14-15-16-20-23-26-29-33-37-46(49)53-41-43(42-55-58(51,52)54-40-39-48(3,4)5)56-47(50)38-34-30-27-24-21-18-17-19-22-25-28-32-36-45-44(57-45)35-31-9-7-2/h9,18-19,21-22,27-28,30-32,43-45H,6-8,10-17,20,23-26,29,33-42H2,1-5H3/p+1/b21-18-,22-19-,30-27-,31-9-,32-28-/t43-,44?,45?/m1/s1. The van der Waals surface area contributed by atoms with Gasteiger partial charge in [-0.25, -0.2) is 4.57 Å². The summed E-state index contributed by atoms with van der Waals surface area (Å²) in [6.45, 7) is 4.21. The van der Waals surface area contributed by atoms with E-state index in [1.165, 1.54) is 70.6 Å². The van der Waals surface area contributed by atoms with Crippen molar-refractivity contribution in [1.82, 2.24) is 0 Å². The molecule has 3 unspecified atom stereocenters. The van der Waals surface area contributed by atoms with Crippen molar-refractivity contribution in [1.29, 1.82) is 0 Å². The monoisotopic (exact) mass is 837 g/mol. The smallest absolute Gasteiger partial charge is 0.462 e. The maximum absolute atomic E-state index is 12.7. The molecule has 1 aliphatic rings. The number of quaternary nitrogens is 1. The molecule has 1 aliphatic heterocycles. The van der Waals surface area contributed by atoms with Gasteiger partial charge in [0.2, 0.25) is 0 Å². The second kappa shape index (κ2) is 35.4. The van der Waals surface area contributed by atoms with Crippen LogP contribution < -0.4 is 0 Å². The van der Waals surface area contributed by atoms with Crippen LogP contribution in [0.3, 0.4) is 0 Å². The number of hydrogen-bond acceptors (Lipinski definition) is 8. The lowest BCUT2D eigenvalue weighted by Crippen LogP contribution is -2.37. The molecule has 10 nitrogen and oxygen atoms in total. The van der Waals surface area contributed by atoms with Crippen LogP contribution in [0.1, 0.15) is 162 Å². The van der Waals surface area contributed by atoms with Crippen LogP contribution in [0.5, 0.6) is 0 Å². The van der Waals surface area contributed by atoms with Crippen LogP contribution in [0, 0.1) is 0 Å². The van der Waals surface area contributed by atoms with E-state index in [1.54, 1.807) is 0 Å². The molecule has 0 bridgehead atoms. The summed E-state index contributed by atoms with van der Waals surface area (Å²) in [6, 6.07) is 0. The third-order valence-electron chi connectivity index (χ3n) is 9.73. The van der Waals surface area contributed by atoms with Crippen molar-refractivity contribution in [3.63, 3.8) is 0 Å². The highest BCUT2D eigenvalue weighted by molar-refractivity contribution is 7.47. The molecule has 0 aromatic carbocycles. The highest BCUT2D eigenvalue weighted by atomic mass is 31.2. The van der Waals surface area contributed by atoms with Crippen molar-refractivity contribution in [2.24, 2.45) is 0 Å². The fraction of sp³-hybridized carbons (Fsp3) is 0.745. The molecule has 1 fully saturated rings. The van der Waals surface area contributed by atoms with Gasteiger partial charge >= 0.3 is 19.8 Å². The number of phosphoric acid groups is 1.